The molecule has 1 amide bonds. The van der Waals surface area contributed by atoms with E-state index in [1.54, 1.807) is 17.9 Å². The van der Waals surface area contributed by atoms with E-state index < -0.39 is 10.0 Å². The van der Waals surface area contributed by atoms with E-state index in [1.807, 2.05) is 0 Å². The van der Waals surface area contributed by atoms with Gasteiger partial charge in [-0.25, -0.2) is 8.42 Å². The number of sulfonamides is 1. The molecule has 118 valence electrons. The third-order valence-corrected chi connectivity index (χ3v) is 6.83. The van der Waals surface area contributed by atoms with Gasteiger partial charge in [-0.05, 0) is 19.1 Å². The largest absolute Gasteiger partial charge is 0.340 e. The molecule has 21 heavy (non-hydrogen) atoms. The van der Waals surface area contributed by atoms with Crippen molar-refractivity contribution in [2.75, 3.05) is 26.2 Å². The van der Waals surface area contributed by atoms with Crippen LogP contribution in [-0.2, 0) is 14.8 Å². The number of hydrogen-bond donors (Lipinski definition) is 1. The molecule has 1 atom stereocenters. The zero-order chi connectivity index (χ0) is 15.6. The van der Waals surface area contributed by atoms with E-state index in [9.17, 15) is 13.2 Å². The summed E-state index contributed by atoms with van der Waals surface area (Å²) >= 11 is 6.83. The number of carbonyl (C=O) groups is 1. The van der Waals surface area contributed by atoms with Crippen molar-refractivity contribution < 1.29 is 13.2 Å². The zero-order valence-corrected chi connectivity index (χ0v) is 14.0. The molecular weight excluding hydrogens is 334 g/mol. The first-order valence-corrected chi connectivity index (χ1v) is 9.23. The Morgan fingerprint density at radius 2 is 2.00 bits per heavy atom. The van der Waals surface area contributed by atoms with Crippen molar-refractivity contribution in [2.24, 2.45) is 5.73 Å². The number of rotatable bonds is 4. The van der Waals surface area contributed by atoms with Crippen LogP contribution in [0.25, 0.3) is 0 Å². The molecule has 1 saturated heterocycles. The summed E-state index contributed by atoms with van der Waals surface area (Å²) in [6, 6.07) is 2.89. The Bertz CT molecular complexity index is 607. The number of hydrogen-bond acceptors (Lipinski definition) is 5. The molecule has 0 aromatic carbocycles. The number of halogens is 1. The molecule has 0 radical (unpaired) electrons. The van der Waals surface area contributed by atoms with Crippen molar-refractivity contribution >= 4 is 38.9 Å². The fourth-order valence-corrected chi connectivity index (χ4v) is 5.21. The first kappa shape index (κ1) is 16.7. The van der Waals surface area contributed by atoms with Crippen LogP contribution in [0.1, 0.15) is 13.3 Å². The topological polar surface area (TPSA) is 83.7 Å². The smallest absolute Gasteiger partial charge is 0.252 e. The number of carbonyl (C=O) groups excluding carboxylic acids is 1. The molecule has 2 N–H and O–H groups in total. The van der Waals surface area contributed by atoms with Crippen molar-refractivity contribution in [2.45, 2.75) is 23.6 Å². The summed E-state index contributed by atoms with van der Waals surface area (Å²) in [6.07, 6.45) is 0.285. The predicted molar refractivity (Wildman–Crippen MR) is 82.9 cm³/mol. The van der Waals surface area contributed by atoms with Crippen molar-refractivity contribution in [3.8, 4) is 0 Å². The normalized spacial score (nSPS) is 18.7. The van der Waals surface area contributed by atoms with Gasteiger partial charge in [-0.2, -0.15) is 4.31 Å². The lowest BCUT2D eigenvalue weighted by Gasteiger charge is -2.34. The van der Waals surface area contributed by atoms with Gasteiger partial charge in [-0.3, -0.25) is 4.79 Å². The van der Waals surface area contributed by atoms with Crippen LogP contribution in [-0.4, -0.2) is 55.8 Å². The zero-order valence-electron chi connectivity index (χ0n) is 11.7. The quantitative estimate of drug-likeness (QED) is 0.876. The maximum absolute atomic E-state index is 12.4. The standard InChI is InChI=1S/C12H18ClN3O3S2/c1-9(14)8-11(17)15-4-6-16(7-5-15)21(18,19)12-3-2-10(13)20-12/h2-3,9H,4-8,14H2,1H3. The Morgan fingerprint density at radius 1 is 1.38 bits per heavy atom. The van der Waals surface area contributed by atoms with E-state index in [2.05, 4.69) is 0 Å². The monoisotopic (exact) mass is 351 g/mol. The summed E-state index contributed by atoms with van der Waals surface area (Å²) in [5.41, 5.74) is 5.61. The molecule has 1 aromatic heterocycles. The van der Waals surface area contributed by atoms with E-state index in [4.69, 9.17) is 17.3 Å². The third kappa shape index (κ3) is 3.95. The van der Waals surface area contributed by atoms with Crippen LogP contribution in [0.3, 0.4) is 0 Å². The molecule has 1 aliphatic rings. The Kier molecular flexibility index (Phi) is 5.26. The lowest BCUT2D eigenvalue weighted by atomic mass is 10.2. The molecule has 6 nitrogen and oxygen atoms in total. The molecule has 0 aliphatic carbocycles. The van der Waals surface area contributed by atoms with Crippen LogP contribution >= 0.6 is 22.9 Å². The average molecular weight is 352 g/mol. The summed E-state index contributed by atoms with van der Waals surface area (Å²) < 4.78 is 26.9. The van der Waals surface area contributed by atoms with E-state index in [0.717, 1.165) is 11.3 Å². The van der Waals surface area contributed by atoms with Crippen LogP contribution < -0.4 is 5.73 Å². The van der Waals surface area contributed by atoms with Crippen LogP contribution in [0.2, 0.25) is 4.34 Å². The minimum absolute atomic E-state index is 0.0267. The second-order valence-corrected chi connectivity index (χ2v) is 8.90. The number of thiophene rings is 1. The van der Waals surface area contributed by atoms with Gasteiger partial charge in [0, 0.05) is 38.6 Å². The van der Waals surface area contributed by atoms with Gasteiger partial charge in [0.05, 0.1) is 4.34 Å². The molecule has 0 bridgehead atoms. The second-order valence-electron chi connectivity index (χ2n) is 5.02. The Morgan fingerprint density at radius 3 is 2.48 bits per heavy atom. The minimum atomic E-state index is -3.51. The van der Waals surface area contributed by atoms with Crippen LogP contribution in [0.5, 0.6) is 0 Å². The third-order valence-electron chi connectivity index (χ3n) is 3.23. The second kappa shape index (κ2) is 6.62. The summed E-state index contributed by atoms with van der Waals surface area (Å²) in [6.45, 7) is 3.15. The summed E-state index contributed by atoms with van der Waals surface area (Å²) in [5.74, 6) is -0.0267. The Labute approximate surface area is 133 Å². The highest BCUT2D eigenvalue weighted by Crippen LogP contribution is 2.28. The maximum atomic E-state index is 12.4. The molecular formula is C12H18ClN3O3S2. The van der Waals surface area contributed by atoms with Gasteiger partial charge in [0.25, 0.3) is 10.0 Å². The Balaban J connectivity index is 1.99. The highest BCUT2D eigenvalue weighted by molar-refractivity contribution is 7.91. The molecule has 1 aromatic rings. The number of nitrogens with two attached hydrogens (primary N) is 1. The van der Waals surface area contributed by atoms with E-state index in [0.29, 0.717) is 30.5 Å². The first-order valence-electron chi connectivity index (χ1n) is 6.59. The van der Waals surface area contributed by atoms with E-state index in [1.165, 1.54) is 10.4 Å². The van der Waals surface area contributed by atoms with Crippen molar-refractivity contribution in [3.05, 3.63) is 16.5 Å². The fourth-order valence-electron chi connectivity index (χ4n) is 2.15. The highest BCUT2D eigenvalue weighted by Gasteiger charge is 2.31. The number of nitrogens with zero attached hydrogens (tertiary/aromatic N) is 2. The molecule has 0 saturated carbocycles. The van der Waals surface area contributed by atoms with Gasteiger partial charge in [0.2, 0.25) is 5.91 Å². The first-order chi connectivity index (χ1) is 9.80. The SMILES string of the molecule is CC(N)CC(=O)N1CCN(S(=O)(=O)c2ccc(Cl)s2)CC1. The van der Waals surface area contributed by atoms with Gasteiger partial charge in [-0.1, -0.05) is 11.6 Å². The highest BCUT2D eigenvalue weighted by atomic mass is 35.5. The van der Waals surface area contributed by atoms with Gasteiger partial charge in [0.1, 0.15) is 4.21 Å². The number of piperazine rings is 1. The average Bonchev–Trinajstić information content (AvgIpc) is 2.85. The summed E-state index contributed by atoms with van der Waals surface area (Å²) in [7, 11) is -3.51. The molecule has 1 unspecified atom stereocenters. The van der Waals surface area contributed by atoms with E-state index >= 15 is 0 Å². The molecule has 9 heteroatoms. The summed E-state index contributed by atoms with van der Waals surface area (Å²) in [4.78, 5) is 13.6. The molecule has 1 aliphatic heterocycles. The molecule has 1 fully saturated rings. The van der Waals surface area contributed by atoms with Crippen molar-refractivity contribution in [1.29, 1.82) is 0 Å². The number of amides is 1. The van der Waals surface area contributed by atoms with Crippen molar-refractivity contribution in [1.82, 2.24) is 9.21 Å². The van der Waals surface area contributed by atoms with Gasteiger partial charge >= 0.3 is 0 Å². The lowest BCUT2D eigenvalue weighted by molar-refractivity contribution is -0.132. The van der Waals surface area contributed by atoms with Gasteiger partial charge in [-0.15, -0.1) is 11.3 Å². The van der Waals surface area contributed by atoms with Gasteiger partial charge < -0.3 is 10.6 Å². The predicted octanol–water partition coefficient (Wildman–Crippen LogP) is 0.972. The fraction of sp³-hybridized carbons (Fsp3) is 0.583. The minimum Gasteiger partial charge on any atom is -0.340 e. The van der Waals surface area contributed by atoms with E-state index in [-0.39, 0.29) is 22.6 Å². The van der Waals surface area contributed by atoms with Gasteiger partial charge in [0.15, 0.2) is 0 Å². The lowest BCUT2D eigenvalue weighted by Crippen LogP contribution is -2.51. The maximum Gasteiger partial charge on any atom is 0.252 e. The van der Waals surface area contributed by atoms with Crippen molar-refractivity contribution in [3.63, 3.8) is 0 Å². The molecule has 2 heterocycles. The molecule has 2 rings (SSSR count). The Hall–Kier alpha value is -0.670. The van der Waals surface area contributed by atoms with Crippen LogP contribution in [0.4, 0.5) is 0 Å². The summed E-state index contributed by atoms with van der Waals surface area (Å²) in [5, 5.41) is 0. The van der Waals surface area contributed by atoms with Crippen LogP contribution in [0, 0.1) is 0 Å². The molecule has 0 spiro atoms. The van der Waals surface area contributed by atoms with Crippen LogP contribution in [0.15, 0.2) is 16.3 Å².